The van der Waals surface area contributed by atoms with Crippen molar-refractivity contribution in [1.82, 2.24) is 15.1 Å². The van der Waals surface area contributed by atoms with Gasteiger partial charge in [0.1, 0.15) is 0 Å². The molecule has 1 atom stereocenters. The van der Waals surface area contributed by atoms with Crippen LogP contribution in [0.1, 0.15) is 27.2 Å². The lowest BCUT2D eigenvalue weighted by Gasteiger charge is -2.39. The lowest BCUT2D eigenvalue weighted by atomic mass is 10.1. The van der Waals surface area contributed by atoms with Gasteiger partial charge in [0.25, 0.3) is 0 Å². The topological polar surface area (TPSA) is 65.0 Å². The van der Waals surface area contributed by atoms with Crippen molar-refractivity contribution in [1.29, 1.82) is 0 Å². The van der Waals surface area contributed by atoms with E-state index in [1.807, 2.05) is 11.8 Å². The second-order valence-corrected chi connectivity index (χ2v) is 10.4. The van der Waals surface area contributed by atoms with Crippen molar-refractivity contribution < 1.29 is 21.6 Å². The zero-order valence-corrected chi connectivity index (χ0v) is 19.2. The fraction of sp³-hybridized carbons (Fsp3) is 0.938. The molecule has 0 aliphatic carbocycles. The minimum atomic E-state index is -4.17. The Morgan fingerprint density at radius 2 is 1.96 bits per heavy atom. The molecule has 1 N–H and O–H groups in total. The number of likely N-dealkylation sites (tertiary alicyclic amines) is 1. The van der Waals surface area contributed by atoms with E-state index in [9.17, 15) is 21.6 Å². The zero-order valence-electron chi connectivity index (χ0n) is 16.0. The summed E-state index contributed by atoms with van der Waals surface area (Å²) < 4.78 is 61.0. The Kier molecular flexibility index (Phi) is 8.67. The summed E-state index contributed by atoms with van der Waals surface area (Å²) in [6.07, 6.45) is -3.48. The van der Waals surface area contributed by atoms with Gasteiger partial charge in [-0.05, 0) is 39.7 Å². The molecule has 0 spiro atoms. The molecule has 6 nitrogen and oxygen atoms in total. The lowest BCUT2D eigenvalue weighted by molar-refractivity contribution is -0.143. The van der Waals surface area contributed by atoms with Gasteiger partial charge in [-0.25, -0.2) is 8.42 Å². The molecule has 0 saturated carbocycles. The molecule has 160 valence electrons. The minimum Gasteiger partial charge on any atom is -0.357 e. The third-order valence-corrected chi connectivity index (χ3v) is 7.48. The molecule has 27 heavy (non-hydrogen) atoms. The van der Waals surface area contributed by atoms with E-state index in [-0.39, 0.29) is 35.6 Å². The molecule has 0 radical (unpaired) electrons. The second-order valence-electron chi connectivity index (χ2n) is 7.70. The van der Waals surface area contributed by atoms with Crippen LogP contribution in [0.4, 0.5) is 13.2 Å². The Labute approximate surface area is 176 Å². The maximum atomic E-state index is 12.5. The Bertz CT molecular complexity index is 626. The van der Waals surface area contributed by atoms with Crippen molar-refractivity contribution >= 4 is 39.8 Å². The van der Waals surface area contributed by atoms with Crippen molar-refractivity contribution in [3.8, 4) is 0 Å². The van der Waals surface area contributed by atoms with Crippen LogP contribution in [-0.2, 0) is 9.84 Å². The number of nitrogens with zero attached hydrogens (tertiary/aromatic N) is 3. The van der Waals surface area contributed by atoms with Crippen LogP contribution in [0.2, 0.25) is 0 Å². The summed E-state index contributed by atoms with van der Waals surface area (Å²) in [5, 5.41) is 3.18. The molecule has 0 aromatic heterocycles. The van der Waals surface area contributed by atoms with Gasteiger partial charge in [0.15, 0.2) is 15.8 Å². The molecular formula is C16H30F3IN4O2S. The summed E-state index contributed by atoms with van der Waals surface area (Å²) in [6, 6.07) is 0. The van der Waals surface area contributed by atoms with Crippen LogP contribution in [-0.4, -0.2) is 86.7 Å². The molecule has 0 aromatic carbocycles. The zero-order chi connectivity index (χ0) is 19.6. The summed E-state index contributed by atoms with van der Waals surface area (Å²) in [7, 11) is -3.14. The van der Waals surface area contributed by atoms with Gasteiger partial charge < -0.3 is 10.2 Å². The van der Waals surface area contributed by atoms with Crippen LogP contribution in [0.5, 0.6) is 0 Å². The van der Waals surface area contributed by atoms with Crippen LogP contribution < -0.4 is 5.32 Å². The molecule has 1 unspecified atom stereocenters. The number of sulfone groups is 1. The third kappa shape index (κ3) is 6.91. The normalized spacial score (nSPS) is 25.9. The summed E-state index contributed by atoms with van der Waals surface area (Å²) >= 11 is 0. The van der Waals surface area contributed by atoms with Gasteiger partial charge in [0.2, 0.25) is 0 Å². The van der Waals surface area contributed by atoms with E-state index in [0.29, 0.717) is 51.6 Å². The van der Waals surface area contributed by atoms with E-state index in [4.69, 9.17) is 0 Å². The molecule has 2 saturated heterocycles. The van der Waals surface area contributed by atoms with E-state index in [2.05, 4.69) is 10.3 Å². The minimum absolute atomic E-state index is 0. The van der Waals surface area contributed by atoms with Gasteiger partial charge in [-0.1, -0.05) is 0 Å². The fourth-order valence-electron chi connectivity index (χ4n) is 3.42. The Balaban J connectivity index is 0.00000364. The SMILES string of the molecule is CCNC(=NCC1CCN(CC(F)(F)F)C1)N1CCS(=O)(=O)C(C)(C)C1.I. The number of nitrogens with one attached hydrogen (secondary N) is 1. The molecule has 0 amide bonds. The van der Waals surface area contributed by atoms with Gasteiger partial charge in [-0.3, -0.25) is 9.89 Å². The van der Waals surface area contributed by atoms with Crippen LogP contribution >= 0.6 is 24.0 Å². The predicted molar refractivity (Wildman–Crippen MR) is 111 cm³/mol. The Hall–Kier alpha value is -0.300. The van der Waals surface area contributed by atoms with E-state index < -0.39 is 27.3 Å². The summed E-state index contributed by atoms with van der Waals surface area (Å²) in [6.45, 7) is 7.14. The molecule has 2 heterocycles. The van der Waals surface area contributed by atoms with Crippen LogP contribution in [0.25, 0.3) is 0 Å². The average molecular weight is 526 g/mol. The van der Waals surface area contributed by atoms with Crippen molar-refractivity contribution in [3.05, 3.63) is 0 Å². The monoisotopic (exact) mass is 526 g/mol. The molecule has 2 fully saturated rings. The Morgan fingerprint density at radius 1 is 1.30 bits per heavy atom. The maximum Gasteiger partial charge on any atom is 0.401 e. The fourth-order valence-corrected chi connectivity index (χ4v) is 4.79. The van der Waals surface area contributed by atoms with E-state index in [1.165, 1.54) is 4.90 Å². The number of hydrogen-bond donors (Lipinski definition) is 1. The highest BCUT2D eigenvalue weighted by atomic mass is 127. The first-order chi connectivity index (χ1) is 11.9. The first-order valence-corrected chi connectivity index (χ1v) is 10.6. The van der Waals surface area contributed by atoms with Crippen molar-refractivity contribution in [2.45, 2.75) is 38.1 Å². The number of guanidine groups is 1. The van der Waals surface area contributed by atoms with Crippen LogP contribution in [0.3, 0.4) is 0 Å². The molecule has 0 aromatic rings. The number of aliphatic imine (C=N–C) groups is 1. The van der Waals surface area contributed by atoms with Crippen LogP contribution in [0.15, 0.2) is 4.99 Å². The van der Waals surface area contributed by atoms with Gasteiger partial charge in [-0.15, -0.1) is 24.0 Å². The van der Waals surface area contributed by atoms with E-state index in [0.717, 1.165) is 0 Å². The largest absolute Gasteiger partial charge is 0.401 e. The van der Waals surface area contributed by atoms with Crippen LogP contribution in [0, 0.1) is 5.92 Å². The summed E-state index contributed by atoms with van der Waals surface area (Å²) in [5.74, 6) is 0.810. The van der Waals surface area contributed by atoms with E-state index >= 15 is 0 Å². The predicted octanol–water partition coefficient (Wildman–Crippen LogP) is 1.96. The summed E-state index contributed by atoms with van der Waals surface area (Å²) in [4.78, 5) is 7.95. The highest BCUT2D eigenvalue weighted by Gasteiger charge is 2.41. The second kappa shape index (κ2) is 9.47. The molecule has 0 bridgehead atoms. The molecular weight excluding hydrogens is 496 g/mol. The number of hydrogen-bond acceptors (Lipinski definition) is 4. The van der Waals surface area contributed by atoms with E-state index in [1.54, 1.807) is 13.8 Å². The molecule has 2 aliphatic rings. The molecule has 2 rings (SSSR count). The highest BCUT2D eigenvalue weighted by molar-refractivity contribution is 14.0. The first kappa shape index (κ1) is 24.7. The Morgan fingerprint density at radius 3 is 2.52 bits per heavy atom. The quantitative estimate of drug-likeness (QED) is 0.345. The lowest BCUT2D eigenvalue weighted by Crippen LogP contribution is -2.57. The molecule has 11 heteroatoms. The third-order valence-electron chi connectivity index (χ3n) is 4.95. The molecule has 2 aliphatic heterocycles. The summed E-state index contributed by atoms with van der Waals surface area (Å²) in [5.41, 5.74) is 0. The van der Waals surface area contributed by atoms with Crippen molar-refractivity contribution in [3.63, 3.8) is 0 Å². The highest BCUT2D eigenvalue weighted by Crippen LogP contribution is 2.25. The van der Waals surface area contributed by atoms with Gasteiger partial charge in [0, 0.05) is 32.7 Å². The van der Waals surface area contributed by atoms with Crippen molar-refractivity contribution in [2.75, 3.05) is 51.6 Å². The number of rotatable bonds is 4. The number of halogens is 4. The standard InChI is InChI=1S/C16H29F3N4O2S.HI/c1-4-20-14(23-7-8-26(24,25)15(2,3)11-23)21-9-13-5-6-22(10-13)12-16(17,18)19;/h13H,4-12H2,1-3H3,(H,20,21);1H. The van der Waals surface area contributed by atoms with Gasteiger partial charge in [-0.2, -0.15) is 13.2 Å². The number of alkyl halides is 3. The smallest absolute Gasteiger partial charge is 0.357 e. The van der Waals surface area contributed by atoms with Crippen molar-refractivity contribution in [2.24, 2.45) is 10.9 Å². The average Bonchev–Trinajstić information content (AvgIpc) is 2.92. The first-order valence-electron chi connectivity index (χ1n) is 8.98. The van der Waals surface area contributed by atoms with Gasteiger partial charge in [0.05, 0.1) is 17.0 Å². The van der Waals surface area contributed by atoms with Gasteiger partial charge >= 0.3 is 6.18 Å². The maximum absolute atomic E-state index is 12.5.